The van der Waals surface area contributed by atoms with Gasteiger partial charge in [-0.3, -0.25) is 0 Å². The zero-order chi connectivity index (χ0) is 15.5. The lowest BCUT2D eigenvalue weighted by Crippen LogP contribution is -2.15. The average molecular weight is 318 g/mol. The highest BCUT2D eigenvalue weighted by Crippen LogP contribution is 2.17. The molecule has 0 atom stereocenters. The number of carboxylic acid groups (broad SMARTS) is 1. The third-order valence-electron chi connectivity index (χ3n) is 2.14. The van der Waals surface area contributed by atoms with Gasteiger partial charge >= 0.3 is 5.97 Å². The maximum absolute atomic E-state index is 11.4. The Bertz CT molecular complexity index is 716. The van der Waals surface area contributed by atoms with Crippen molar-refractivity contribution in [2.24, 2.45) is 5.73 Å². The van der Waals surface area contributed by atoms with E-state index in [9.17, 15) is 13.2 Å². The van der Waals surface area contributed by atoms with Crippen LogP contribution in [0.2, 0.25) is 0 Å². The van der Waals surface area contributed by atoms with Crippen LogP contribution >= 0.6 is 11.6 Å². The lowest BCUT2D eigenvalue weighted by molar-refractivity contribution is 0.0687. The SMILES string of the molecule is C=C/C=C\C(Cl)=C(/N)n1nc(S(C)(=O)=O)cc1C(=O)O. The number of nitrogens with two attached hydrogens (primary N) is 1. The molecule has 20 heavy (non-hydrogen) atoms. The van der Waals surface area contributed by atoms with Crippen LogP contribution in [0.25, 0.3) is 5.82 Å². The molecule has 0 amide bonds. The fraction of sp³-hybridized carbons (Fsp3) is 0.0909. The second-order valence-corrected chi connectivity index (χ2v) is 6.05. The fourth-order valence-electron chi connectivity index (χ4n) is 1.22. The van der Waals surface area contributed by atoms with E-state index >= 15 is 0 Å². The molecule has 0 fully saturated rings. The number of aromatic nitrogens is 2. The molecule has 1 heterocycles. The number of allylic oxidation sites excluding steroid dienone is 4. The van der Waals surface area contributed by atoms with Gasteiger partial charge in [0, 0.05) is 12.3 Å². The van der Waals surface area contributed by atoms with E-state index in [4.69, 9.17) is 22.4 Å². The molecule has 3 N–H and O–H groups in total. The van der Waals surface area contributed by atoms with Crippen LogP contribution in [0.15, 0.2) is 40.9 Å². The third kappa shape index (κ3) is 3.49. The third-order valence-corrected chi connectivity index (χ3v) is 3.42. The second kappa shape index (κ2) is 5.93. The van der Waals surface area contributed by atoms with E-state index in [1.54, 1.807) is 0 Å². The Hall–Kier alpha value is -2.06. The van der Waals surface area contributed by atoms with Crippen molar-refractivity contribution in [1.29, 1.82) is 0 Å². The van der Waals surface area contributed by atoms with Crippen molar-refractivity contribution in [2.75, 3.05) is 6.26 Å². The molecular formula is C11H12ClN3O4S. The monoisotopic (exact) mass is 317 g/mol. The number of carboxylic acids is 1. The maximum Gasteiger partial charge on any atom is 0.354 e. The van der Waals surface area contributed by atoms with Gasteiger partial charge in [-0.05, 0) is 6.08 Å². The summed E-state index contributed by atoms with van der Waals surface area (Å²) < 4.78 is 23.6. The van der Waals surface area contributed by atoms with Gasteiger partial charge in [-0.2, -0.15) is 5.10 Å². The van der Waals surface area contributed by atoms with Gasteiger partial charge in [0.2, 0.25) is 0 Å². The van der Waals surface area contributed by atoms with Gasteiger partial charge in [-0.1, -0.05) is 30.3 Å². The number of hydrogen-bond acceptors (Lipinski definition) is 5. The highest BCUT2D eigenvalue weighted by molar-refractivity contribution is 7.90. The van der Waals surface area contributed by atoms with Crippen molar-refractivity contribution < 1.29 is 18.3 Å². The number of aromatic carboxylic acids is 1. The summed E-state index contributed by atoms with van der Waals surface area (Å²) in [6.07, 6.45) is 5.21. The summed E-state index contributed by atoms with van der Waals surface area (Å²) in [5.41, 5.74) is 5.27. The minimum absolute atomic E-state index is 0.00412. The summed E-state index contributed by atoms with van der Waals surface area (Å²) in [6, 6.07) is 0.909. The lowest BCUT2D eigenvalue weighted by atomic mass is 10.4. The maximum atomic E-state index is 11.4. The van der Waals surface area contributed by atoms with Crippen LogP contribution in [0.4, 0.5) is 0 Å². The largest absolute Gasteiger partial charge is 0.477 e. The first-order valence-corrected chi connectivity index (χ1v) is 7.43. The van der Waals surface area contributed by atoms with Crippen molar-refractivity contribution in [1.82, 2.24) is 9.78 Å². The fourth-order valence-corrected chi connectivity index (χ4v) is 1.92. The second-order valence-electron chi connectivity index (χ2n) is 3.68. The van der Waals surface area contributed by atoms with Crippen LogP contribution in [0.3, 0.4) is 0 Å². The van der Waals surface area contributed by atoms with Gasteiger partial charge in [-0.15, -0.1) is 0 Å². The molecule has 0 bridgehead atoms. The Morgan fingerprint density at radius 3 is 2.65 bits per heavy atom. The Labute approximate surface area is 120 Å². The standard InChI is InChI=1S/C11H12ClN3O4S/c1-3-4-5-7(12)10(13)15-8(11(16)17)6-9(14-15)20(2,18)19/h3-6H,1,13H2,2H3,(H,16,17)/b5-4-,10-7-. The number of nitrogens with zero attached hydrogens (tertiary/aromatic N) is 2. The van der Waals surface area contributed by atoms with Crippen LogP contribution in [-0.2, 0) is 9.84 Å². The average Bonchev–Trinajstić information content (AvgIpc) is 2.79. The molecule has 1 rings (SSSR count). The molecule has 7 nitrogen and oxygen atoms in total. The van der Waals surface area contributed by atoms with Crippen molar-refractivity contribution >= 4 is 33.2 Å². The molecule has 0 aliphatic heterocycles. The van der Waals surface area contributed by atoms with E-state index in [0.29, 0.717) is 0 Å². The minimum atomic E-state index is -3.66. The number of hydrogen-bond donors (Lipinski definition) is 2. The highest BCUT2D eigenvalue weighted by Gasteiger charge is 2.21. The summed E-state index contributed by atoms with van der Waals surface area (Å²) in [7, 11) is -3.66. The molecule has 0 aromatic carbocycles. The van der Waals surface area contributed by atoms with Crippen LogP contribution in [0.5, 0.6) is 0 Å². The van der Waals surface area contributed by atoms with E-state index in [2.05, 4.69) is 11.7 Å². The summed E-state index contributed by atoms with van der Waals surface area (Å²) in [6.45, 7) is 3.44. The lowest BCUT2D eigenvalue weighted by Gasteiger charge is -2.05. The predicted octanol–water partition coefficient (Wildman–Crippen LogP) is 1.05. The van der Waals surface area contributed by atoms with E-state index in [0.717, 1.165) is 17.0 Å². The molecule has 108 valence electrons. The summed E-state index contributed by atoms with van der Waals surface area (Å²) in [4.78, 5) is 11.1. The minimum Gasteiger partial charge on any atom is -0.477 e. The zero-order valence-corrected chi connectivity index (χ0v) is 12.0. The molecule has 0 aliphatic carbocycles. The Morgan fingerprint density at radius 1 is 1.60 bits per heavy atom. The van der Waals surface area contributed by atoms with Gasteiger partial charge in [0.1, 0.15) is 5.82 Å². The first-order chi connectivity index (χ1) is 9.18. The molecule has 0 radical (unpaired) electrons. The zero-order valence-electron chi connectivity index (χ0n) is 10.4. The van der Waals surface area contributed by atoms with Gasteiger partial charge in [0.05, 0.1) is 5.03 Å². The van der Waals surface area contributed by atoms with Gasteiger partial charge in [0.25, 0.3) is 0 Å². The normalized spacial score (nSPS) is 13.3. The molecule has 1 aromatic rings. The van der Waals surface area contributed by atoms with Gasteiger partial charge in [-0.25, -0.2) is 17.9 Å². The van der Waals surface area contributed by atoms with Crippen molar-refractivity contribution in [3.8, 4) is 0 Å². The number of sulfone groups is 1. The summed E-state index contributed by atoms with van der Waals surface area (Å²) >= 11 is 5.86. The van der Waals surface area contributed by atoms with Crippen molar-refractivity contribution in [3.63, 3.8) is 0 Å². The molecule has 0 spiro atoms. The van der Waals surface area contributed by atoms with Crippen molar-refractivity contribution in [3.05, 3.63) is 41.6 Å². The molecule has 0 unspecified atom stereocenters. The summed E-state index contributed by atoms with van der Waals surface area (Å²) in [5, 5.41) is 12.3. The molecular weight excluding hydrogens is 306 g/mol. The van der Waals surface area contributed by atoms with E-state index in [1.807, 2.05) is 0 Å². The Balaban J connectivity index is 3.51. The van der Waals surface area contributed by atoms with Crippen molar-refractivity contribution in [2.45, 2.75) is 5.03 Å². The topological polar surface area (TPSA) is 115 Å². The predicted molar refractivity (Wildman–Crippen MR) is 74.9 cm³/mol. The van der Waals surface area contributed by atoms with Crippen LogP contribution in [0.1, 0.15) is 10.5 Å². The van der Waals surface area contributed by atoms with E-state index < -0.39 is 26.5 Å². The number of carbonyl (C=O) groups is 1. The molecule has 0 saturated heterocycles. The summed E-state index contributed by atoms with van der Waals surface area (Å²) in [5.74, 6) is -1.59. The number of halogens is 1. The number of rotatable bonds is 5. The first-order valence-electron chi connectivity index (χ1n) is 5.16. The van der Waals surface area contributed by atoms with E-state index in [-0.39, 0.29) is 10.9 Å². The highest BCUT2D eigenvalue weighted by atomic mass is 35.5. The van der Waals surface area contributed by atoms with Gasteiger partial charge < -0.3 is 10.8 Å². The van der Waals surface area contributed by atoms with Crippen LogP contribution < -0.4 is 5.73 Å². The quantitative estimate of drug-likeness (QED) is 0.784. The molecule has 0 saturated carbocycles. The first kappa shape index (κ1) is 16.0. The molecule has 0 aliphatic rings. The molecule has 9 heteroatoms. The van der Waals surface area contributed by atoms with Crippen LogP contribution in [-0.4, -0.2) is 35.5 Å². The Morgan fingerprint density at radius 2 is 2.20 bits per heavy atom. The Kier molecular flexibility index (Phi) is 4.74. The molecule has 1 aromatic heterocycles. The smallest absolute Gasteiger partial charge is 0.354 e. The van der Waals surface area contributed by atoms with Gasteiger partial charge in [0.15, 0.2) is 20.6 Å². The van der Waals surface area contributed by atoms with E-state index in [1.165, 1.54) is 18.2 Å². The van der Waals surface area contributed by atoms with Crippen LogP contribution in [0, 0.1) is 0 Å².